The van der Waals surface area contributed by atoms with E-state index in [0.29, 0.717) is 25.3 Å². The average Bonchev–Trinajstić information content (AvgIpc) is 3.49. The number of ether oxygens (including phenoxy) is 1. The van der Waals surface area contributed by atoms with Gasteiger partial charge in [-0.05, 0) is 45.1 Å². The summed E-state index contributed by atoms with van der Waals surface area (Å²) in [4.78, 5) is 32.0. The highest BCUT2D eigenvalue weighted by molar-refractivity contribution is 5.99. The molecular formula is C24H34N4O3. The molecule has 3 N–H and O–H groups in total. The van der Waals surface area contributed by atoms with Crippen LogP contribution in [-0.2, 0) is 9.59 Å². The summed E-state index contributed by atoms with van der Waals surface area (Å²) in [6.07, 6.45) is 3.46. The Morgan fingerprint density at radius 2 is 2.00 bits per heavy atom. The monoisotopic (exact) mass is 426 g/mol. The van der Waals surface area contributed by atoms with Gasteiger partial charge in [-0.1, -0.05) is 32.0 Å². The molecule has 1 saturated carbocycles. The fourth-order valence-corrected chi connectivity index (χ4v) is 4.92. The van der Waals surface area contributed by atoms with E-state index in [1.807, 2.05) is 52.0 Å². The van der Waals surface area contributed by atoms with Gasteiger partial charge in [0.1, 0.15) is 11.4 Å². The van der Waals surface area contributed by atoms with E-state index in [2.05, 4.69) is 10.3 Å². The number of nitrogens with zero attached hydrogens (tertiary/aromatic N) is 2. The molecule has 2 amide bonds. The van der Waals surface area contributed by atoms with Crippen LogP contribution in [0.2, 0.25) is 0 Å². The second-order valence-electron chi connectivity index (χ2n) is 9.85. The number of amides is 2. The van der Waals surface area contributed by atoms with Crippen molar-refractivity contribution in [2.45, 2.75) is 77.0 Å². The highest BCUT2D eigenvalue weighted by atomic mass is 16.5. The zero-order valence-electron chi connectivity index (χ0n) is 19.0. The standard InChI is InChI=1S/C24H34N4O3/c1-5-24(6-2)13-20(29)28(22(25)27-24)14-15-11-17(15)21(30)26-18-12-23(3,4)31-19-10-8-7-9-16(18)19/h7-10,15,17-18H,5-6,11-14H2,1-4H3,(H2,25,27)(H,26,30)/t15-,17?,18+/m1/s1. The number of hydrogen-bond acceptors (Lipinski definition) is 5. The molecule has 1 fully saturated rings. The minimum atomic E-state index is -0.374. The number of rotatable bonds is 6. The second-order valence-corrected chi connectivity index (χ2v) is 9.85. The normalized spacial score (nSPS) is 28.3. The smallest absolute Gasteiger partial charge is 0.231 e. The van der Waals surface area contributed by atoms with Gasteiger partial charge in [0.2, 0.25) is 11.8 Å². The molecule has 2 heterocycles. The Balaban J connectivity index is 1.39. The van der Waals surface area contributed by atoms with Crippen molar-refractivity contribution in [3.8, 4) is 5.75 Å². The predicted molar refractivity (Wildman–Crippen MR) is 120 cm³/mol. The van der Waals surface area contributed by atoms with Gasteiger partial charge in [0.15, 0.2) is 5.96 Å². The summed E-state index contributed by atoms with van der Waals surface area (Å²) < 4.78 is 6.07. The average molecular weight is 427 g/mol. The van der Waals surface area contributed by atoms with Gasteiger partial charge in [-0.3, -0.25) is 14.5 Å². The van der Waals surface area contributed by atoms with Gasteiger partial charge < -0.3 is 15.8 Å². The summed E-state index contributed by atoms with van der Waals surface area (Å²) in [6, 6.07) is 7.80. The Hall–Kier alpha value is -2.57. The van der Waals surface area contributed by atoms with Crippen LogP contribution in [0, 0.1) is 11.8 Å². The molecule has 0 bridgehead atoms. The van der Waals surface area contributed by atoms with Crippen molar-refractivity contribution in [2.75, 3.05) is 6.54 Å². The SMILES string of the molecule is CCC1(CC)CC(=O)N(C[C@H]2CC2C(=O)N[C@H]2CC(C)(C)Oc3ccccc32)C(N)=N1. The minimum Gasteiger partial charge on any atom is -0.487 e. The van der Waals surface area contributed by atoms with Crippen molar-refractivity contribution in [3.05, 3.63) is 29.8 Å². The zero-order chi connectivity index (χ0) is 22.4. The number of nitrogens with two attached hydrogens (primary N) is 1. The molecule has 0 radical (unpaired) electrons. The molecule has 4 rings (SSSR count). The first kappa shape index (κ1) is 21.7. The molecule has 1 aromatic rings. The van der Waals surface area contributed by atoms with Gasteiger partial charge >= 0.3 is 0 Å². The second kappa shape index (κ2) is 7.84. The number of carbonyl (C=O) groups excluding carboxylic acids is 2. The van der Waals surface area contributed by atoms with Gasteiger partial charge in [0, 0.05) is 24.4 Å². The first-order chi connectivity index (χ1) is 14.7. The van der Waals surface area contributed by atoms with Crippen molar-refractivity contribution in [1.82, 2.24) is 10.2 Å². The minimum absolute atomic E-state index is 0.0161. The lowest BCUT2D eigenvalue weighted by Crippen LogP contribution is -2.52. The molecule has 7 heteroatoms. The number of guanidine groups is 1. The Kier molecular flexibility index (Phi) is 5.48. The molecule has 3 aliphatic rings. The molecule has 0 aromatic heterocycles. The quantitative estimate of drug-likeness (QED) is 0.730. The lowest BCUT2D eigenvalue weighted by atomic mass is 9.88. The van der Waals surface area contributed by atoms with Crippen molar-refractivity contribution in [2.24, 2.45) is 22.6 Å². The van der Waals surface area contributed by atoms with Crippen LogP contribution in [0.4, 0.5) is 0 Å². The van der Waals surface area contributed by atoms with Crippen molar-refractivity contribution in [1.29, 1.82) is 0 Å². The summed E-state index contributed by atoms with van der Waals surface area (Å²) >= 11 is 0. The Bertz CT molecular complexity index is 906. The number of carbonyl (C=O) groups is 2. The van der Waals surface area contributed by atoms with E-state index in [0.717, 1.165) is 30.6 Å². The van der Waals surface area contributed by atoms with Crippen LogP contribution in [0.15, 0.2) is 29.3 Å². The first-order valence-electron chi connectivity index (χ1n) is 11.4. The van der Waals surface area contributed by atoms with E-state index in [-0.39, 0.29) is 40.8 Å². The molecule has 1 aromatic carbocycles. The number of para-hydroxylation sites is 1. The molecule has 3 atom stereocenters. The molecule has 1 aliphatic carbocycles. The number of fused-ring (bicyclic) bond motifs is 1. The van der Waals surface area contributed by atoms with Crippen LogP contribution in [0.25, 0.3) is 0 Å². The first-order valence-corrected chi connectivity index (χ1v) is 11.4. The Morgan fingerprint density at radius 1 is 1.29 bits per heavy atom. The number of nitrogens with one attached hydrogen (secondary N) is 1. The van der Waals surface area contributed by atoms with Crippen LogP contribution in [0.5, 0.6) is 5.75 Å². The summed E-state index contributed by atoms with van der Waals surface area (Å²) in [7, 11) is 0. The third-order valence-electron chi connectivity index (χ3n) is 7.10. The number of aliphatic imine (C=N–C) groups is 1. The van der Waals surface area contributed by atoms with E-state index in [9.17, 15) is 9.59 Å². The van der Waals surface area contributed by atoms with Crippen molar-refractivity contribution >= 4 is 17.8 Å². The van der Waals surface area contributed by atoms with Crippen LogP contribution < -0.4 is 15.8 Å². The van der Waals surface area contributed by atoms with Gasteiger partial charge in [-0.15, -0.1) is 0 Å². The third-order valence-corrected chi connectivity index (χ3v) is 7.10. The summed E-state index contributed by atoms with van der Waals surface area (Å²) in [5.74, 6) is 1.21. The zero-order valence-corrected chi connectivity index (χ0v) is 19.0. The third kappa shape index (κ3) is 4.27. The lowest BCUT2D eigenvalue weighted by Gasteiger charge is -2.38. The highest BCUT2D eigenvalue weighted by Gasteiger charge is 2.47. The summed E-state index contributed by atoms with van der Waals surface area (Å²) in [5, 5.41) is 3.23. The van der Waals surface area contributed by atoms with Gasteiger partial charge in [0.25, 0.3) is 0 Å². The van der Waals surface area contributed by atoms with E-state index in [1.54, 1.807) is 4.90 Å². The van der Waals surface area contributed by atoms with Crippen molar-refractivity contribution < 1.29 is 14.3 Å². The van der Waals surface area contributed by atoms with E-state index in [4.69, 9.17) is 10.5 Å². The maximum atomic E-state index is 13.0. The van der Waals surface area contributed by atoms with E-state index >= 15 is 0 Å². The largest absolute Gasteiger partial charge is 0.487 e. The fraction of sp³-hybridized carbons (Fsp3) is 0.625. The summed E-state index contributed by atoms with van der Waals surface area (Å²) in [6.45, 7) is 8.63. The Morgan fingerprint density at radius 3 is 2.68 bits per heavy atom. The molecule has 2 aliphatic heterocycles. The maximum absolute atomic E-state index is 13.0. The van der Waals surface area contributed by atoms with Crippen LogP contribution >= 0.6 is 0 Å². The molecule has 0 spiro atoms. The molecule has 1 unspecified atom stereocenters. The van der Waals surface area contributed by atoms with Crippen LogP contribution in [0.1, 0.15) is 71.4 Å². The lowest BCUT2D eigenvalue weighted by molar-refractivity contribution is -0.130. The fourth-order valence-electron chi connectivity index (χ4n) is 4.92. The van der Waals surface area contributed by atoms with E-state index in [1.165, 1.54) is 0 Å². The predicted octanol–water partition coefficient (Wildman–Crippen LogP) is 3.15. The number of hydrogen-bond donors (Lipinski definition) is 2. The molecule has 0 saturated heterocycles. The summed E-state index contributed by atoms with van der Waals surface area (Å²) in [5.41, 5.74) is 6.47. The van der Waals surface area contributed by atoms with Crippen LogP contribution in [0.3, 0.4) is 0 Å². The van der Waals surface area contributed by atoms with Gasteiger partial charge in [0.05, 0.1) is 18.0 Å². The van der Waals surface area contributed by atoms with Gasteiger partial charge in [-0.25, -0.2) is 4.99 Å². The Labute approximate surface area is 184 Å². The topological polar surface area (TPSA) is 97.0 Å². The van der Waals surface area contributed by atoms with Crippen molar-refractivity contribution in [3.63, 3.8) is 0 Å². The maximum Gasteiger partial charge on any atom is 0.231 e. The highest BCUT2D eigenvalue weighted by Crippen LogP contribution is 2.43. The van der Waals surface area contributed by atoms with E-state index < -0.39 is 0 Å². The number of benzene rings is 1. The van der Waals surface area contributed by atoms with Crippen LogP contribution in [-0.4, -0.2) is 40.4 Å². The molecule has 168 valence electrons. The molecule has 7 nitrogen and oxygen atoms in total. The molecule has 31 heavy (non-hydrogen) atoms. The molecular weight excluding hydrogens is 392 g/mol. The van der Waals surface area contributed by atoms with Gasteiger partial charge in [-0.2, -0.15) is 0 Å².